The van der Waals surface area contributed by atoms with Gasteiger partial charge in [-0.3, -0.25) is 0 Å². The fourth-order valence-corrected chi connectivity index (χ4v) is 2.48. The fourth-order valence-electron chi connectivity index (χ4n) is 1.76. The Kier molecular flexibility index (Phi) is 3.39. The first-order valence-corrected chi connectivity index (χ1v) is 6.01. The van der Waals surface area contributed by atoms with Gasteiger partial charge >= 0.3 is 0 Å². The minimum atomic E-state index is -1.05. The normalized spacial score (nSPS) is 14.6. The largest absolute Gasteiger partial charge is 0.381 e. The van der Waals surface area contributed by atoms with Crippen LogP contribution in [0.25, 0.3) is 0 Å². The average molecular weight is 234 g/mol. The van der Waals surface area contributed by atoms with E-state index in [0.29, 0.717) is 0 Å². The molecular weight excluding hydrogens is 220 g/mol. The Morgan fingerprint density at radius 2 is 1.94 bits per heavy atom. The molecule has 1 aromatic heterocycles. The van der Waals surface area contributed by atoms with Gasteiger partial charge in [-0.05, 0) is 22.4 Å². The average Bonchev–Trinajstić information content (AvgIpc) is 2.84. The highest BCUT2D eigenvalue weighted by atomic mass is 32.1. The highest BCUT2D eigenvalue weighted by Crippen LogP contribution is 2.31. The molecule has 0 aliphatic carbocycles. The van der Waals surface area contributed by atoms with Crippen molar-refractivity contribution < 1.29 is 9.84 Å². The van der Waals surface area contributed by atoms with E-state index in [2.05, 4.69) is 0 Å². The molecule has 1 atom stereocenters. The zero-order valence-electron chi connectivity index (χ0n) is 9.09. The van der Waals surface area contributed by atoms with Gasteiger partial charge in [0.05, 0.1) is 6.61 Å². The minimum Gasteiger partial charge on any atom is -0.381 e. The third-order valence-corrected chi connectivity index (χ3v) is 3.29. The van der Waals surface area contributed by atoms with Gasteiger partial charge in [0.25, 0.3) is 0 Å². The van der Waals surface area contributed by atoms with E-state index >= 15 is 0 Å². The summed E-state index contributed by atoms with van der Waals surface area (Å²) < 4.78 is 5.14. The summed E-state index contributed by atoms with van der Waals surface area (Å²) in [4.78, 5) is 0. The first kappa shape index (κ1) is 11.3. The number of ether oxygens (including phenoxy) is 1. The molecule has 2 nitrogen and oxygen atoms in total. The van der Waals surface area contributed by atoms with Crippen molar-refractivity contribution in [1.82, 2.24) is 0 Å². The monoisotopic (exact) mass is 234 g/mol. The van der Waals surface area contributed by atoms with Gasteiger partial charge in [-0.15, -0.1) is 0 Å². The van der Waals surface area contributed by atoms with Crippen molar-refractivity contribution in [1.29, 1.82) is 0 Å². The molecule has 3 heteroatoms. The number of hydrogen-bond acceptors (Lipinski definition) is 3. The van der Waals surface area contributed by atoms with Crippen molar-refractivity contribution in [3.63, 3.8) is 0 Å². The lowest BCUT2D eigenvalue weighted by atomic mass is 9.89. The topological polar surface area (TPSA) is 29.5 Å². The minimum absolute atomic E-state index is 0.258. The van der Waals surface area contributed by atoms with Crippen LogP contribution in [0.2, 0.25) is 0 Å². The van der Waals surface area contributed by atoms with Crippen molar-refractivity contribution >= 4 is 11.3 Å². The van der Waals surface area contributed by atoms with Crippen molar-refractivity contribution in [2.45, 2.75) is 5.60 Å². The maximum absolute atomic E-state index is 10.7. The highest BCUT2D eigenvalue weighted by molar-refractivity contribution is 7.08. The Morgan fingerprint density at radius 1 is 1.19 bits per heavy atom. The summed E-state index contributed by atoms with van der Waals surface area (Å²) in [7, 11) is 1.60. The van der Waals surface area contributed by atoms with Gasteiger partial charge in [0.2, 0.25) is 0 Å². The SMILES string of the molecule is COCC(O)(c1ccccc1)c1ccsc1. The molecule has 16 heavy (non-hydrogen) atoms. The molecule has 0 amide bonds. The molecule has 0 radical (unpaired) electrons. The van der Waals surface area contributed by atoms with Crippen LogP contribution in [0, 0.1) is 0 Å². The predicted molar refractivity (Wildman–Crippen MR) is 65.6 cm³/mol. The lowest BCUT2D eigenvalue weighted by Gasteiger charge is -2.27. The molecule has 1 N–H and O–H groups in total. The molecular formula is C13H14O2S. The molecule has 84 valence electrons. The van der Waals surface area contributed by atoms with Crippen LogP contribution in [-0.2, 0) is 10.3 Å². The third-order valence-electron chi connectivity index (χ3n) is 2.60. The highest BCUT2D eigenvalue weighted by Gasteiger charge is 2.31. The standard InChI is InChI=1S/C13H14O2S/c1-15-10-13(14,12-7-8-16-9-12)11-5-3-2-4-6-11/h2-9,14H,10H2,1H3. The number of hydrogen-bond donors (Lipinski definition) is 1. The van der Waals surface area contributed by atoms with E-state index < -0.39 is 5.60 Å². The van der Waals surface area contributed by atoms with Crippen LogP contribution >= 0.6 is 11.3 Å². The molecule has 0 aliphatic rings. The van der Waals surface area contributed by atoms with Crippen molar-refractivity contribution in [3.05, 3.63) is 58.3 Å². The van der Waals surface area contributed by atoms with Crippen molar-refractivity contribution in [2.75, 3.05) is 13.7 Å². The van der Waals surface area contributed by atoms with Gasteiger partial charge in [-0.2, -0.15) is 11.3 Å². The number of rotatable bonds is 4. The summed E-state index contributed by atoms with van der Waals surface area (Å²) in [6.45, 7) is 0.258. The number of benzene rings is 1. The summed E-state index contributed by atoms with van der Waals surface area (Å²) in [5.41, 5.74) is 0.691. The van der Waals surface area contributed by atoms with Gasteiger partial charge in [-0.1, -0.05) is 30.3 Å². The smallest absolute Gasteiger partial charge is 0.139 e. The summed E-state index contributed by atoms with van der Waals surface area (Å²) in [6.07, 6.45) is 0. The van der Waals surface area contributed by atoms with Crippen LogP contribution < -0.4 is 0 Å². The predicted octanol–water partition coefficient (Wildman–Crippen LogP) is 2.63. The van der Waals surface area contributed by atoms with E-state index in [9.17, 15) is 5.11 Å². The van der Waals surface area contributed by atoms with Crippen LogP contribution in [0.15, 0.2) is 47.2 Å². The zero-order chi connectivity index (χ0) is 11.4. The molecule has 0 saturated heterocycles. The molecule has 1 unspecified atom stereocenters. The Morgan fingerprint density at radius 3 is 2.50 bits per heavy atom. The van der Waals surface area contributed by atoms with Crippen LogP contribution in [0.3, 0.4) is 0 Å². The molecule has 0 fully saturated rings. The first-order valence-electron chi connectivity index (χ1n) is 5.07. The molecule has 0 spiro atoms. The van der Waals surface area contributed by atoms with E-state index in [1.54, 1.807) is 18.4 Å². The van der Waals surface area contributed by atoms with E-state index in [1.807, 2.05) is 47.2 Å². The molecule has 2 rings (SSSR count). The number of methoxy groups -OCH3 is 1. The number of thiophene rings is 1. The van der Waals surface area contributed by atoms with E-state index in [0.717, 1.165) is 11.1 Å². The molecule has 0 aliphatic heterocycles. The number of aliphatic hydroxyl groups is 1. The lowest BCUT2D eigenvalue weighted by Crippen LogP contribution is -2.32. The van der Waals surface area contributed by atoms with Crippen LogP contribution in [0.5, 0.6) is 0 Å². The second kappa shape index (κ2) is 4.78. The maximum Gasteiger partial charge on any atom is 0.139 e. The quantitative estimate of drug-likeness (QED) is 0.881. The summed E-state index contributed by atoms with van der Waals surface area (Å²) in [5, 5.41) is 14.6. The molecule has 2 aromatic rings. The van der Waals surface area contributed by atoms with E-state index in [-0.39, 0.29) is 6.61 Å². The second-order valence-electron chi connectivity index (χ2n) is 3.67. The summed E-state index contributed by atoms with van der Waals surface area (Å²) in [6, 6.07) is 11.5. The van der Waals surface area contributed by atoms with E-state index in [4.69, 9.17) is 4.74 Å². The Balaban J connectivity index is 2.44. The molecule has 0 saturated carbocycles. The summed E-state index contributed by atoms with van der Waals surface area (Å²) in [5.74, 6) is 0. The Hall–Kier alpha value is -1.16. The molecule has 1 heterocycles. The Labute approximate surface area is 99.1 Å². The van der Waals surface area contributed by atoms with Gasteiger partial charge in [0, 0.05) is 12.7 Å². The third kappa shape index (κ3) is 2.02. The second-order valence-corrected chi connectivity index (χ2v) is 4.45. The van der Waals surface area contributed by atoms with Crippen molar-refractivity contribution in [2.24, 2.45) is 0 Å². The van der Waals surface area contributed by atoms with Gasteiger partial charge in [0.15, 0.2) is 0 Å². The lowest BCUT2D eigenvalue weighted by molar-refractivity contribution is -0.00297. The zero-order valence-corrected chi connectivity index (χ0v) is 9.91. The van der Waals surface area contributed by atoms with Crippen LogP contribution in [0.1, 0.15) is 11.1 Å². The maximum atomic E-state index is 10.7. The molecule has 0 bridgehead atoms. The van der Waals surface area contributed by atoms with Crippen molar-refractivity contribution in [3.8, 4) is 0 Å². The van der Waals surface area contributed by atoms with Crippen LogP contribution in [0.4, 0.5) is 0 Å². The Bertz CT molecular complexity index is 424. The van der Waals surface area contributed by atoms with E-state index in [1.165, 1.54) is 0 Å². The van der Waals surface area contributed by atoms with Gasteiger partial charge in [-0.25, -0.2) is 0 Å². The van der Waals surface area contributed by atoms with Crippen LogP contribution in [-0.4, -0.2) is 18.8 Å². The van der Waals surface area contributed by atoms with Gasteiger partial charge in [0.1, 0.15) is 5.60 Å². The first-order chi connectivity index (χ1) is 7.77. The molecule has 1 aromatic carbocycles. The summed E-state index contributed by atoms with van der Waals surface area (Å²) >= 11 is 1.57. The fraction of sp³-hybridized carbons (Fsp3) is 0.231. The van der Waals surface area contributed by atoms with Gasteiger partial charge < -0.3 is 9.84 Å².